The number of amides is 1. The Balaban J connectivity index is 1.30. The molecule has 1 unspecified atom stereocenters. The van der Waals surface area contributed by atoms with Gasteiger partial charge in [0.1, 0.15) is 11.6 Å². The van der Waals surface area contributed by atoms with Gasteiger partial charge >= 0.3 is 0 Å². The minimum atomic E-state index is -0.296. The number of H-pyrrole nitrogens is 1. The molecule has 1 aliphatic rings. The molecule has 2 atom stereocenters. The molecular formula is C25H20FN5OS2. The van der Waals surface area contributed by atoms with Crippen LogP contribution in [0.15, 0.2) is 66.7 Å². The Morgan fingerprint density at radius 2 is 1.91 bits per heavy atom. The zero-order valence-electron chi connectivity index (χ0n) is 17.9. The van der Waals surface area contributed by atoms with Gasteiger partial charge in [-0.3, -0.25) is 9.52 Å². The number of aromatic amines is 1. The fourth-order valence-corrected chi connectivity index (χ4v) is 5.93. The number of anilines is 1. The van der Waals surface area contributed by atoms with E-state index in [1.807, 2.05) is 24.3 Å². The summed E-state index contributed by atoms with van der Waals surface area (Å²) in [6, 6.07) is 20.8. The maximum atomic E-state index is 13.7. The third kappa shape index (κ3) is 4.24. The largest absolute Gasteiger partial charge is 0.351 e. The number of rotatable bonds is 6. The summed E-state index contributed by atoms with van der Waals surface area (Å²) in [7, 11) is 0. The summed E-state index contributed by atoms with van der Waals surface area (Å²) in [6.45, 7) is 0. The van der Waals surface area contributed by atoms with E-state index in [0.29, 0.717) is 18.4 Å². The molecule has 0 radical (unpaired) electrons. The zero-order valence-corrected chi connectivity index (χ0v) is 19.5. The van der Waals surface area contributed by atoms with Crippen LogP contribution in [0, 0.1) is 5.82 Å². The molecule has 0 saturated carbocycles. The first-order chi connectivity index (χ1) is 16.6. The Labute approximate surface area is 203 Å². The quantitative estimate of drug-likeness (QED) is 0.258. The van der Waals surface area contributed by atoms with Crippen LogP contribution in [-0.2, 0) is 11.2 Å². The molecule has 1 saturated heterocycles. The highest BCUT2D eigenvalue weighted by molar-refractivity contribution is 7.98. The predicted octanol–water partition coefficient (Wildman–Crippen LogP) is 5.92. The third-order valence-corrected chi connectivity index (χ3v) is 7.90. The first-order valence-electron chi connectivity index (χ1n) is 10.9. The van der Waals surface area contributed by atoms with Gasteiger partial charge in [-0.2, -0.15) is 0 Å². The monoisotopic (exact) mass is 489 g/mol. The van der Waals surface area contributed by atoms with Gasteiger partial charge in [-0.1, -0.05) is 47.7 Å². The number of carbonyl (C=O) groups excluding carboxylic acids is 1. The van der Waals surface area contributed by atoms with Crippen LogP contribution in [0.25, 0.3) is 21.3 Å². The van der Waals surface area contributed by atoms with Gasteiger partial charge in [-0.15, -0.1) is 0 Å². The maximum Gasteiger partial charge on any atom is 0.231 e. The molecule has 170 valence electrons. The molecule has 0 spiro atoms. The van der Waals surface area contributed by atoms with Crippen molar-refractivity contribution in [2.75, 3.05) is 5.32 Å². The number of halogens is 1. The minimum absolute atomic E-state index is 0.0731. The van der Waals surface area contributed by atoms with Crippen LogP contribution in [0.2, 0.25) is 0 Å². The lowest BCUT2D eigenvalue weighted by atomic mass is 10.0. The predicted molar refractivity (Wildman–Crippen MR) is 135 cm³/mol. The van der Waals surface area contributed by atoms with Crippen LogP contribution < -0.4 is 10.0 Å². The van der Waals surface area contributed by atoms with Crippen LogP contribution in [0.1, 0.15) is 34.7 Å². The summed E-state index contributed by atoms with van der Waals surface area (Å²) in [4.78, 5) is 24.4. The zero-order chi connectivity index (χ0) is 23.1. The number of para-hydroxylation sites is 2. The van der Waals surface area contributed by atoms with E-state index >= 15 is 0 Å². The number of aromatic nitrogens is 3. The van der Waals surface area contributed by atoms with Crippen molar-refractivity contribution < 1.29 is 9.18 Å². The summed E-state index contributed by atoms with van der Waals surface area (Å²) in [6.07, 6.45) is 1.19. The molecule has 6 rings (SSSR count). The van der Waals surface area contributed by atoms with Gasteiger partial charge in [0.15, 0.2) is 5.13 Å². The molecule has 3 heterocycles. The van der Waals surface area contributed by atoms with Gasteiger partial charge < -0.3 is 10.3 Å². The minimum Gasteiger partial charge on any atom is -0.351 e. The van der Waals surface area contributed by atoms with Crippen molar-refractivity contribution in [3.8, 4) is 0 Å². The molecule has 3 aromatic carbocycles. The Kier molecular flexibility index (Phi) is 5.43. The third-order valence-electron chi connectivity index (χ3n) is 5.86. The fourth-order valence-electron chi connectivity index (χ4n) is 4.14. The van der Waals surface area contributed by atoms with Crippen LogP contribution in [0.5, 0.6) is 0 Å². The Bertz CT molecular complexity index is 1460. The topological polar surface area (TPSA) is 82.7 Å². The van der Waals surface area contributed by atoms with E-state index in [2.05, 4.69) is 44.3 Å². The Hall–Kier alpha value is -3.43. The molecule has 1 fully saturated rings. The molecule has 34 heavy (non-hydrogen) atoms. The molecule has 1 amide bonds. The SMILES string of the molecule is O=C1CC(c2ccc(C[C@H](Nc3nc4cc(F)ccc4s3)c3nc4ccccc4[nH]3)cc2)SN1. The molecular weight excluding hydrogens is 469 g/mol. The number of hydrogen-bond acceptors (Lipinski definition) is 6. The van der Waals surface area contributed by atoms with E-state index in [4.69, 9.17) is 4.98 Å². The van der Waals surface area contributed by atoms with Crippen LogP contribution in [-0.4, -0.2) is 20.9 Å². The number of nitrogens with zero attached hydrogens (tertiary/aromatic N) is 2. The van der Waals surface area contributed by atoms with Gasteiger partial charge in [0.2, 0.25) is 5.91 Å². The van der Waals surface area contributed by atoms with Gasteiger partial charge in [-0.25, -0.2) is 14.4 Å². The molecule has 2 aromatic heterocycles. The van der Waals surface area contributed by atoms with Crippen molar-refractivity contribution >= 4 is 55.6 Å². The van der Waals surface area contributed by atoms with Gasteiger partial charge in [-0.05, 0) is 53.8 Å². The van der Waals surface area contributed by atoms with Crippen molar-refractivity contribution in [2.24, 2.45) is 0 Å². The number of imidazole rings is 1. The van der Waals surface area contributed by atoms with Crippen molar-refractivity contribution in [1.29, 1.82) is 0 Å². The second kappa shape index (κ2) is 8.73. The number of nitrogens with one attached hydrogen (secondary N) is 3. The van der Waals surface area contributed by atoms with E-state index in [-0.39, 0.29) is 23.0 Å². The Morgan fingerprint density at radius 3 is 2.71 bits per heavy atom. The summed E-state index contributed by atoms with van der Waals surface area (Å²) in [5, 5.41) is 4.39. The second-order valence-electron chi connectivity index (χ2n) is 8.25. The summed E-state index contributed by atoms with van der Waals surface area (Å²) in [5.41, 5.74) is 4.78. The maximum absolute atomic E-state index is 13.7. The normalized spacial score (nSPS) is 16.7. The summed E-state index contributed by atoms with van der Waals surface area (Å²) < 4.78 is 17.4. The van der Waals surface area contributed by atoms with Crippen molar-refractivity contribution in [2.45, 2.75) is 24.1 Å². The standard InChI is InChI=1S/C25H20FN5OS2/c26-16-9-10-21-19(12-16)29-25(33-21)30-20(24-27-17-3-1-2-4-18(17)28-24)11-14-5-7-15(8-6-14)22-13-23(32)31-34-22/h1-10,12,20,22H,11,13H2,(H,27,28)(H,29,30)(H,31,32)/t20-,22?/m0/s1. The van der Waals surface area contributed by atoms with E-state index in [1.165, 1.54) is 35.4 Å². The van der Waals surface area contributed by atoms with E-state index < -0.39 is 0 Å². The van der Waals surface area contributed by atoms with Crippen molar-refractivity contribution in [3.05, 3.63) is 89.5 Å². The Morgan fingerprint density at radius 1 is 1.06 bits per heavy atom. The van der Waals surface area contributed by atoms with Crippen LogP contribution >= 0.6 is 23.3 Å². The summed E-state index contributed by atoms with van der Waals surface area (Å²) in [5.74, 6) is 0.594. The molecule has 3 N–H and O–H groups in total. The average Bonchev–Trinajstić information content (AvgIpc) is 3.56. The molecule has 5 aromatic rings. The number of carbonyl (C=O) groups is 1. The van der Waals surface area contributed by atoms with E-state index in [1.54, 1.807) is 6.07 Å². The van der Waals surface area contributed by atoms with Gasteiger partial charge in [0, 0.05) is 12.5 Å². The fraction of sp³-hybridized carbons (Fsp3) is 0.160. The van der Waals surface area contributed by atoms with Crippen LogP contribution in [0.3, 0.4) is 0 Å². The average molecular weight is 490 g/mol. The first kappa shape index (κ1) is 21.1. The van der Waals surface area contributed by atoms with Gasteiger partial charge in [0.05, 0.1) is 32.5 Å². The number of fused-ring (bicyclic) bond motifs is 2. The van der Waals surface area contributed by atoms with E-state index in [0.717, 1.165) is 37.8 Å². The highest BCUT2D eigenvalue weighted by atomic mass is 32.2. The molecule has 9 heteroatoms. The highest BCUT2D eigenvalue weighted by Crippen LogP contribution is 2.35. The molecule has 0 bridgehead atoms. The molecule has 6 nitrogen and oxygen atoms in total. The summed E-state index contributed by atoms with van der Waals surface area (Å²) >= 11 is 2.96. The molecule has 1 aliphatic heterocycles. The highest BCUT2D eigenvalue weighted by Gasteiger charge is 2.24. The lowest BCUT2D eigenvalue weighted by Gasteiger charge is -2.17. The molecule has 0 aliphatic carbocycles. The number of thiazole rings is 1. The lowest BCUT2D eigenvalue weighted by molar-refractivity contribution is -0.118. The smallest absolute Gasteiger partial charge is 0.231 e. The first-order valence-corrected chi connectivity index (χ1v) is 12.6. The van der Waals surface area contributed by atoms with Crippen molar-refractivity contribution in [3.63, 3.8) is 0 Å². The van der Waals surface area contributed by atoms with E-state index in [9.17, 15) is 9.18 Å². The second-order valence-corrected chi connectivity index (χ2v) is 10.3. The lowest BCUT2D eigenvalue weighted by Crippen LogP contribution is -2.15. The van der Waals surface area contributed by atoms with Crippen LogP contribution in [0.4, 0.5) is 9.52 Å². The number of hydrogen-bond donors (Lipinski definition) is 3. The van der Waals surface area contributed by atoms with Gasteiger partial charge in [0.25, 0.3) is 0 Å². The van der Waals surface area contributed by atoms with Crippen molar-refractivity contribution in [1.82, 2.24) is 19.7 Å². The number of benzene rings is 3.